The van der Waals surface area contributed by atoms with Crippen molar-refractivity contribution in [1.29, 1.82) is 0 Å². The minimum absolute atomic E-state index is 0.0607. The molecule has 1 N–H and O–H groups in total. The number of anilines is 1. The van der Waals surface area contributed by atoms with Crippen molar-refractivity contribution in [2.24, 2.45) is 0 Å². The van der Waals surface area contributed by atoms with Gasteiger partial charge in [-0.1, -0.05) is 18.2 Å². The second kappa shape index (κ2) is 9.21. The van der Waals surface area contributed by atoms with E-state index in [4.69, 9.17) is 14.2 Å². The number of benzene rings is 2. The van der Waals surface area contributed by atoms with Gasteiger partial charge in [-0.25, -0.2) is 4.79 Å². The molecule has 1 aliphatic heterocycles. The van der Waals surface area contributed by atoms with Crippen molar-refractivity contribution in [3.8, 4) is 17.2 Å². The second-order valence-electron chi connectivity index (χ2n) is 6.49. The molecule has 0 aliphatic carbocycles. The van der Waals surface area contributed by atoms with Crippen molar-refractivity contribution >= 4 is 11.7 Å². The molecular formula is C21H27N3O4. The monoisotopic (exact) mass is 385 g/mol. The Kier molecular flexibility index (Phi) is 6.47. The summed E-state index contributed by atoms with van der Waals surface area (Å²) in [6.07, 6.45) is 0. The van der Waals surface area contributed by atoms with Gasteiger partial charge in [0.05, 0.1) is 27.0 Å². The Morgan fingerprint density at radius 3 is 2.25 bits per heavy atom. The average molecular weight is 385 g/mol. The fourth-order valence-corrected chi connectivity index (χ4v) is 3.32. The lowest BCUT2D eigenvalue weighted by molar-refractivity contribution is 0.194. The number of rotatable bonds is 6. The number of hydrogen-bond donors (Lipinski definition) is 1. The van der Waals surface area contributed by atoms with E-state index in [2.05, 4.69) is 10.2 Å². The van der Waals surface area contributed by atoms with E-state index in [0.717, 1.165) is 30.1 Å². The van der Waals surface area contributed by atoms with Crippen LogP contribution in [0.1, 0.15) is 5.56 Å². The number of carbonyl (C=O) groups excluding carboxylic acids is 1. The Labute approximate surface area is 165 Å². The maximum absolute atomic E-state index is 12.5. The molecule has 1 saturated heterocycles. The zero-order chi connectivity index (χ0) is 19.9. The Hall–Kier alpha value is -3.09. The molecule has 0 unspecified atom stereocenters. The summed E-state index contributed by atoms with van der Waals surface area (Å²) in [5.74, 6) is 2.18. The van der Waals surface area contributed by atoms with E-state index in [-0.39, 0.29) is 6.03 Å². The molecule has 2 aromatic rings. The van der Waals surface area contributed by atoms with Gasteiger partial charge >= 0.3 is 6.03 Å². The number of nitrogens with zero attached hydrogens (tertiary/aromatic N) is 2. The second-order valence-corrected chi connectivity index (χ2v) is 6.49. The lowest BCUT2D eigenvalue weighted by Gasteiger charge is -2.36. The first-order chi connectivity index (χ1) is 13.7. The quantitative estimate of drug-likeness (QED) is 0.828. The third kappa shape index (κ3) is 4.42. The molecule has 7 nitrogen and oxygen atoms in total. The van der Waals surface area contributed by atoms with Crippen molar-refractivity contribution in [2.75, 3.05) is 52.4 Å². The zero-order valence-corrected chi connectivity index (χ0v) is 16.6. The Morgan fingerprint density at radius 2 is 1.57 bits per heavy atom. The first kappa shape index (κ1) is 19.7. The highest BCUT2D eigenvalue weighted by Crippen LogP contribution is 2.29. The Bertz CT molecular complexity index is 804. The summed E-state index contributed by atoms with van der Waals surface area (Å²) in [4.78, 5) is 16.6. The normalized spacial score (nSPS) is 13.8. The number of hydrogen-bond acceptors (Lipinski definition) is 5. The minimum Gasteiger partial charge on any atom is -0.495 e. The molecule has 1 aliphatic rings. The van der Waals surface area contributed by atoms with Gasteiger partial charge < -0.3 is 29.3 Å². The molecule has 0 radical (unpaired) electrons. The third-order valence-corrected chi connectivity index (χ3v) is 4.88. The van der Waals surface area contributed by atoms with E-state index in [1.807, 2.05) is 47.4 Å². The van der Waals surface area contributed by atoms with Gasteiger partial charge in [-0.2, -0.15) is 0 Å². The van der Waals surface area contributed by atoms with Crippen LogP contribution < -0.4 is 24.4 Å². The molecule has 0 aromatic heterocycles. The van der Waals surface area contributed by atoms with E-state index in [9.17, 15) is 4.79 Å². The van der Waals surface area contributed by atoms with Gasteiger partial charge in [-0.15, -0.1) is 0 Å². The summed E-state index contributed by atoms with van der Waals surface area (Å²) in [5.41, 5.74) is 2.02. The summed E-state index contributed by atoms with van der Waals surface area (Å²) >= 11 is 0. The van der Waals surface area contributed by atoms with Gasteiger partial charge in [0.2, 0.25) is 0 Å². The largest absolute Gasteiger partial charge is 0.495 e. The standard InChI is InChI=1S/C21H27N3O4/c1-26-18-7-5-4-6-17(18)23-10-12-24(13-11-23)21(25)22-15-16-8-9-19(27-2)20(14-16)28-3/h4-9,14H,10-13,15H2,1-3H3,(H,22,25). The van der Waals surface area contributed by atoms with Gasteiger partial charge in [0.25, 0.3) is 0 Å². The smallest absolute Gasteiger partial charge is 0.317 e. The van der Waals surface area contributed by atoms with Crippen LogP contribution in [-0.4, -0.2) is 58.4 Å². The number of nitrogens with one attached hydrogen (secondary N) is 1. The van der Waals surface area contributed by atoms with Crippen LogP contribution in [0.5, 0.6) is 17.2 Å². The van der Waals surface area contributed by atoms with Gasteiger partial charge in [-0.3, -0.25) is 0 Å². The van der Waals surface area contributed by atoms with Gasteiger partial charge in [0.1, 0.15) is 5.75 Å². The summed E-state index contributed by atoms with van der Waals surface area (Å²) in [6.45, 7) is 3.30. The highest BCUT2D eigenvalue weighted by Gasteiger charge is 2.22. The van der Waals surface area contributed by atoms with E-state index in [1.54, 1.807) is 21.3 Å². The number of urea groups is 1. The van der Waals surface area contributed by atoms with Gasteiger partial charge in [0.15, 0.2) is 11.5 Å². The average Bonchev–Trinajstić information content (AvgIpc) is 2.77. The van der Waals surface area contributed by atoms with Gasteiger partial charge in [-0.05, 0) is 29.8 Å². The first-order valence-corrected chi connectivity index (χ1v) is 9.28. The molecule has 3 rings (SSSR count). The fraction of sp³-hybridized carbons (Fsp3) is 0.381. The highest BCUT2D eigenvalue weighted by atomic mass is 16.5. The van der Waals surface area contributed by atoms with Crippen LogP contribution >= 0.6 is 0 Å². The van der Waals surface area contributed by atoms with Crippen LogP contribution in [0.25, 0.3) is 0 Å². The molecule has 0 saturated carbocycles. The molecule has 0 atom stereocenters. The number of methoxy groups -OCH3 is 3. The number of piperazine rings is 1. The molecule has 1 heterocycles. The maximum Gasteiger partial charge on any atom is 0.317 e. The summed E-state index contributed by atoms with van der Waals surface area (Å²) < 4.78 is 16.0. The Morgan fingerprint density at radius 1 is 0.893 bits per heavy atom. The summed E-state index contributed by atoms with van der Waals surface area (Å²) in [6, 6.07) is 13.5. The van der Waals surface area contributed by atoms with E-state index in [0.29, 0.717) is 31.1 Å². The third-order valence-electron chi connectivity index (χ3n) is 4.88. The lowest BCUT2D eigenvalue weighted by atomic mass is 10.2. The predicted octanol–water partition coefficient (Wildman–Crippen LogP) is 2.74. The van der Waals surface area contributed by atoms with Crippen molar-refractivity contribution in [2.45, 2.75) is 6.54 Å². The SMILES string of the molecule is COc1ccc(CNC(=O)N2CCN(c3ccccc3OC)CC2)cc1OC. The van der Waals surface area contributed by atoms with E-state index >= 15 is 0 Å². The van der Waals surface area contributed by atoms with Crippen LogP contribution in [0, 0.1) is 0 Å². The first-order valence-electron chi connectivity index (χ1n) is 9.28. The van der Waals surface area contributed by atoms with Crippen molar-refractivity contribution < 1.29 is 19.0 Å². The molecule has 7 heteroatoms. The predicted molar refractivity (Wildman–Crippen MR) is 109 cm³/mol. The molecular weight excluding hydrogens is 358 g/mol. The zero-order valence-electron chi connectivity index (χ0n) is 16.6. The summed E-state index contributed by atoms with van der Waals surface area (Å²) in [7, 11) is 4.88. The van der Waals surface area contributed by atoms with Crippen molar-refractivity contribution in [1.82, 2.24) is 10.2 Å². The number of amides is 2. The summed E-state index contributed by atoms with van der Waals surface area (Å²) in [5, 5.41) is 2.98. The maximum atomic E-state index is 12.5. The molecule has 1 fully saturated rings. The number of ether oxygens (including phenoxy) is 3. The number of carbonyl (C=O) groups is 1. The van der Waals surface area contributed by atoms with Crippen LogP contribution in [0.15, 0.2) is 42.5 Å². The van der Waals surface area contributed by atoms with Crippen LogP contribution in [0.2, 0.25) is 0 Å². The number of para-hydroxylation sites is 2. The Balaban J connectivity index is 1.53. The van der Waals surface area contributed by atoms with E-state index in [1.165, 1.54) is 0 Å². The van der Waals surface area contributed by atoms with Crippen molar-refractivity contribution in [3.05, 3.63) is 48.0 Å². The highest BCUT2D eigenvalue weighted by molar-refractivity contribution is 5.74. The molecule has 2 amide bonds. The van der Waals surface area contributed by atoms with Crippen LogP contribution in [0.3, 0.4) is 0 Å². The van der Waals surface area contributed by atoms with E-state index < -0.39 is 0 Å². The lowest BCUT2D eigenvalue weighted by Crippen LogP contribution is -2.51. The molecule has 0 spiro atoms. The molecule has 2 aromatic carbocycles. The minimum atomic E-state index is -0.0607. The topological polar surface area (TPSA) is 63.3 Å². The van der Waals surface area contributed by atoms with Crippen molar-refractivity contribution in [3.63, 3.8) is 0 Å². The fourth-order valence-electron chi connectivity index (χ4n) is 3.32. The van der Waals surface area contributed by atoms with Crippen LogP contribution in [0.4, 0.5) is 10.5 Å². The molecule has 150 valence electrons. The van der Waals surface area contributed by atoms with Crippen LogP contribution in [-0.2, 0) is 6.54 Å². The molecule has 28 heavy (non-hydrogen) atoms. The molecule has 0 bridgehead atoms. The van der Waals surface area contributed by atoms with Gasteiger partial charge in [0, 0.05) is 32.7 Å².